The number of carbonyl (C=O) groups is 3. The van der Waals surface area contributed by atoms with Crippen molar-refractivity contribution in [1.29, 1.82) is 0 Å². The summed E-state index contributed by atoms with van der Waals surface area (Å²) in [5.74, 6) is -3.18. The third kappa shape index (κ3) is 3.57. The maximum Gasteiger partial charge on any atom is 0.184 e. The molecule has 0 radical (unpaired) electrons. The number of ketones is 3. The fourth-order valence-electron chi connectivity index (χ4n) is 3.31. The number of rotatable bonds is 5. The standard InChI is InChI=1S/C21H24O6/c1-11(2)5-8-16(25)21(17(26)9-12(3)4)10-15(24)18-13(22)6-7-14(23)19(18)20(21)27/h5-7,9,16,22-23,25H,8,10H2,1-4H3/t16-,21?/m1/s1. The predicted molar refractivity (Wildman–Crippen MR) is 100.0 cm³/mol. The fourth-order valence-corrected chi connectivity index (χ4v) is 3.31. The van der Waals surface area contributed by atoms with Gasteiger partial charge >= 0.3 is 0 Å². The van der Waals surface area contributed by atoms with Crippen molar-refractivity contribution in [2.75, 3.05) is 0 Å². The molecule has 0 fully saturated rings. The van der Waals surface area contributed by atoms with Crippen LogP contribution in [-0.2, 0) is 4.79 Å². The summed E-state index contributed by atoms with van der Waals surface area (Å²) in [4.78, 5) is 39.0. The molecule has 0 heterocycles. The molecule has 2 rings (SSSR count). The number of aliphatic hydroxyl groups excluding tert-OH is 1. The van der Waals surface area contributed by atoms with Gasteiger partial charge in [0, 0.05) is 6.42 Å². The number of allylic oxidation sites excluding steroid dienone is 3. The molecule has 3 N–H and O–H groups in total. The molecule has 0 saturated carbocycles. The largest absolute Gasteiger partial charge is 0.507 e. The monoisotopic (exact) mass is 372 g/mol. The van der Waals surface area contributed by atoms with Crippen molar-refractivity contribution in [3.8, 4) is 11.5 Å². The Morgan fingerprint density at radius 3 is 2.15 bits per heavy atom. The van der Waals surface area contributed by atoms with E-state index in [1.807, 2.05) is 13.8 Å². The summed E-state index contributed by atoms with van der Waals surface area (Å²) in [5, 5.41) is 31.0. The second kappa shape index (κ2) is 7.48. The number of phenols is 2. The van der Waals surface area contributed by atoms with Crippen molar-refractivity contribution in [3.63, 3.8) is 0 Å². The number of hydrogen-bond acceptors (Lipinski definition) is 6. The Labute approximate surface area is 157 Å². The molecule has 1 aliphatic rings. The van der Waals surface area contributed by atoms with Gasteiger partial charge in [0.05, 0.1) is 17.2 Å². The van der Waals surface area contributed by atoms with Gasteiger partial charge < -0.3 is 15.3 Å². The van der Waals surface area contributed by atoms with Gasteiger partial charge in [-0.2, -0.15) is 0 Å². The highest BCUT2D eigenvalue weighted by Gasteiger charge is 2.56. The molecule has 0 saturated heterocycles. The number of Topliss-reactive ketones (excluding diaryl/α,β-unsaturated/α-hetero) is 2. The van der Waals surface area contributed by atoms with Gasteiger partial charge in [0.1, 0.15) is 16.9 Å². The van der Waals surface area contributed by atoms with E-state index in [0.29, 0.717) is 5.57 Å². The van der Waals surface area contributed by atoms with E-state index in [0.717, 1.165) is 17.7 Å². The summed E-state index contributed by atoms with van der Waals surface area (Å²) in [6, 6.07) is 2.20. The Morgan fingerprint density at radius 1 is 1.07 bits per heavy atom. The average Bonchev–Trinajstić information content (AvgIpc) is 2.57. The maximum atomic E-state index is 13.3. The van der Waals surface area contributed by atoms with Gasteiger partial charge in [-0.15, -0.1) is 0 Å². The topological polar surface area (TPSA) is 112 Å². The minimum atomic E-state index is -2.04. The molecule has 1 aliphatic carbocycles. The van der Waals surface area contributed by atoms with E-state index in [4.69, 9.17) is 0 Å². The van der Waals surface area contributed by atoms with Crippen LogP contribution in [0, 0.1) is 5.41 Å². The quantitative estimate of drug-likeness (QED) is 0.317. The number of aromatic hydroxyl groups is 2. The van der Waals surface area contributed by atoms with Crippen LogP contribution >= 0.6 is 0 Å². The smallest absolute Gasteiger partial charge is 0.184 e. The molecule has 0 bridgehead atoms. The summed E-state index contributed by atoms with van der Waals surface area (Å²) in [5.41, 5.74) is -1.28. The third-order valence-electron chi connectivity index (χ3n) is 4.69. The van der Waals surface area contributed by atoms with Crippen molar-refractivity contribution in [1.82, 2.24) is 0 Å². The zero-order chi connectivity index (χ0) is 20.5. The van der Waals surface area contributed by atoms with Gasteiger partial charge in [-0.3, -0.25) is 14.4 Å². The van der Waals surface area contributed by atoms with E-state index in [-0.39, 0.29) is 12.0 Å². The van der Waals surface area contributed by atoms with Gasteiger partial charge in [0.2, 0.25) is 0 Å². The average molecular weight is 372 g/mol. The summed E-state index contributed by atoms with van der Waals surface area (Å²) in [6.07, 6.45) is 0.871. The van der Waals surface area contributed by atoms with Gasteiger partial charge in [0.25, 0.3) is 0 Å². The fraction of sp³-hybridized carbons (Fsp3) is 0.381. The lowest BCUT2D eigenvalue weighted by Gasteiger charge is -2.37. The molecule has 144 valence electrons. The highest BCUT2D eigenvalue weighted by atomic mass is 16.3. The van der Waals surface area contributed by atoms with E-state index in [1.54, 1.807) is 19.9 Å². The lowest BCUT2D eigenvalue weighted by atomic mass is 9.63. The van der Waals surface area contributed by atoms with Crippen LogP contribution in [0.15, 0.2) is 35.4 Å². The first kappa shape index (κ1) is 20.6. The maximum absolute atomic E-state index is 13.3. The van der Waals surface area contributed by atoms with Crippen molar-refractivity contribution < 1.29 is 29.7 Å². The molecule has 6 nitrogen and oxygen atoms in total. The highest BCUT2D eigenvalue weighted by Crippen LogP contribution is 2.46. The highest BCUT2D eigenvalue weighted by molar-refractivity contribution is 6.28. The van der Waals surface area contributed by atoms with Crippen LogP contribution in [-0.4, -0.2) is 38.8 Å². The van der Waals surface area contributed by atoms with E-state index >= 15 is 0 Å². The summed E-state index contributed by atoms with van der Waals surface area (Å²) in [7, 11) is 0. The molecule has 2 atom stereocenters. The Balaban J connectivity index is 2.74. The van der Waals surface area contributed by atoms with Crippen LogP contribution in [0.4, 0.5) is 0 Å². The zero-order valence-electron chi connectivity index (χ0n) is 15.9. The Bertz CT molecular complexity index is 869. The van der Waals surface area contributed by atoms with Crippen LogP contribution in [0.1, 0.15) is 61.3 Å². The summed E-state index contributed by atoms with van der Waals surface area (Å²) >= 11 is 0. The molecule has 6 heteroatoms. The van der Waals surface area contributed by atoms with Gasteiger partial charge in [-0.1, -0.05) is 17.2 Å². The molecule has 27 heavy (non-hydrogen) atoms. The van der Waals surface area contributed by atoms with Crippen LogP contribution in [0.2, 0.25) is 0 Å². The molecule has 1 aromatic carbocycles. The lowest BCUT2D eigenvalue weighted by molar-refractivity contribution is -0.126. The number of fused-ring (bicyclic) bond motifs is 1. The second-order valence-electron chi connectivity index (χ2n) is 7.37. The molecule has 0 aliphatic heterocycles. The minimum absolute atomic E-state index is 0.00138. The van der Waals surface area contributed by atoms with Gasteiger partial charge in [0.15, 0.2) is 17.3 Å². The normalized spacial score (nSPS) is 19.9. The van der Waals surface area contributed by atoms with Crippen molar-refractivity contribution >= 4 is 17.3 Å². The molecule has 1 unspecified atom stereocenters. The Hall–Kier alpha value is -2.73. The third-order valence-corrected chi connectivity index (χ3v) is 4.69. The molecular weight excluding hydrogens is 348 g/mol. The molecule has 1 aromatic rings. The zero-order valence-corrected chi connectivity index (χ0v) is 15.9. The van der Waals surface area contributed by atoms with Gasteiger partial charge in [-0.05, 0) is 52.3 Å². The first-order chi connectivity index (χ1) is 12.5. The summed E-state index contributed by atoms with van der Waals surface area (Å²) < 4.78 is 0. The number of phenolic OH excluding ortho intramolecular Hbond substituents is 2. The predicted octanol–water partition coefficient (Wildman–Crippen LogP) is 3.11. The SMILES string of the molecule is CC(C)=CC[C@@H](O)C1(C(=O)C=C(C)C)CC(=O)c2c(O)ccc(O)c2C1=O. The number of benzene rings is 1. The van der Waals surface area contributed by atoms with Crippen LogP contribution in [0.3, 0.4) is 0 Å². The van der Waals surface area contributed by atoms with Crippen molar-refractivity contribution in [3.05, 3.63) is 46.6 Å². The molecule has 0 aromatic heterocycles. The number of carbonyl (C=O) groups excluding carboxylic acids is 3. The van der Waals surface area contributed by atoms with Gasteiger partial charge in [-0.25, -0.2) is 0 Å². The first-order valence-corrected chi connectivity index (χ1v) is 8.66. The number of aliphatic hydroxyl groups is 1. The molecule has 0 amide bonds. The minimum Gasteiger partial charge on any atom is -0.507 e. The molecular formula is C21H24O6. The second-order valence-corrected chi connectivity index (χ2v) is 7.37. The Morgan fingerprint density at radius 2 is 1.63 bits per heavy atom. The Kier molecular flexibility index (Phi) is 5.70. The van der Waals surface area contributed by atoms with E-state index < -0.39 is 52.4 Å². The van der Waals surface area contributed by atoms with E-state index in [2.05, 4.69) is 0 Å². The van der Waals surface area contributed by atoms with Crippen molar-refractivity contribution in [2.24, 2.45) is 5.41 Å². The lowest BCUT2D eigenvalue weighted by Crippen LogP contribution is -2.52. The van der Waals surface area contributed by atoms with Crippen molar-refractivity contribution in [2.45, 2.75) is 46.6 Å². The van der Waals surface area contributed by atoms with Crippen LogP contribution in [0.5, 0.6) is 11.5 Å². The van der Waals surface area contributed by atoms with Crippen LogP contribution in [0.25, 0.3) is 0 Å². The number of hydrogen-bond donors (Lipinski definition) is 3. The summed E-state index contributed by atoms with van der Waals surface area (Å²) in [6.45, 7) is 6.95. The van der Waals surface area contributed by atoms with E-state index in [1.165, 1.54) is 6.08 Å². The van der Waals surface area contributed by atoms with E-state index in [9.17, 15) is 29.7 Å². The first-order valence-electron chi connectivity index (χ1n) is 8.66. The van der Waals surface area contributed by atoms with Crippen LogP contribution < -0.4 is 0 Å². The molecule has 0 spiro atoms.